The lowest BCUT2D eigenvalue weighted by molar-refractivity contribution is -0.138. The quantitative estimate of drug-likeness (QED) is 0.749. The predicted octanol–water partition coefficient (Wildman–Crippen LogP) is 1.65. The van der Waals surface area contributed by atoms with Gasteiger partial charge in [-0.3, -0.25) is 14.5 Å². The number of fused-ring (bicyclic) bond motifs is 1. The maximum Gasteiger partial charge on any atom is 0.242 e. The Morgan fingerprint density at radius 3 is 2.59 bits per heavy atom. The molecule has 1 aromatic rings. The van der Waals surface area contributed by atoms with Gasteiger partial charge in [-0.05, 0) is 30.4 Å². The Bertz CT molecular complexity index is 854. The van der Waals surface area contributed by atoms with E-state index < -0.39 is 5.92 Å². The third-order valence-electron chi connectivity index (χ3n) is 5.04. The fraction of sp³-hybridized carbons (Fsp3) is 0.300. The molecule has 1 atom stereocenters. The highest BCUT2D eigenvalue weighted by atomic mass is 32.1. The molecule has 0 bridgehead atoms. The fourth-order valence-electron chi connectivity index (χ4n) is 3.51. The molecule has 27 heavy (non-hydrogen) atoms. The zero-order valence-electron chi connectivity index (χ0n) is 14.8. The van der Waals surface area contributed by atoms with E-state index in [9.17, 15) is 9.59 Å². The average molecular weight is 380 g/mol. The summed E-state index contributed by atoms with van der Waals surface area (Å²) in [5, 5.41) is 0.169. The van der Waals surface area contributed by atoms with Gasteiger partial charge in [0.15, 0.2) is 0 Å². The van der Waals surface area contributed by atoms with Crippen LogP contribution < -0.4 is 4.90 Å². The molecular formula is C20H20N4O2S. The number of nitrogens with zero attached hydrogens (tertiary/aromatic N) is 4. The van der Waals surface area contributed by atoms with Crippen LogP contribution in [-0.2, 0) is 9.59 Å². The minimum atomic E-state index is -0.440. The highest BCUT2D eigenvalue weighted by Gasteiger charge is 2.35. The third kappa shape index (κ3) is 3.55. The van der Waals surface area contributed by atoms with Gasteiger partial charge in [-0.1, -0.05) is 36.4 Å². The molecule has 4 rings (SSSR count). The van der Waals surface area contributed by atoms with Gasteiger partial charge >= 0.3 is 0 Å². The van der Waals surface area contributed by atoms with Gasteiger partial charge in [0.2, 0.25) is 16.9 Å². The van der Waals surface area contributed by atoms with Crippen molar-refractivity contribution in [3.05, 3.63) is 54.6 Å². The van der Waals surface area contributed by atoms with Crippen molar-refractivity contribution in [1.29, 1.82) is 0 Å². The second-order valence-corrected chi connectivity index (χ2v) is 7.03. The van der Waals surface area contributed by atoms with Crippen molar-refractivity contribution in [1.82, 2.24) is 9.80 Å². The van der Waals surface area contributed by atoms with Crippen LogP contribution in [0, 0.1) is 5.92 Å². The molecule has 6 nitrogen and oxygen atoms in total. The highest BCUT2D eigenvalue weighted by molar-refractivity contribution is 7.80. The standard InChI is InChI=1S/C20H20N4O2S/c25-18(23-12-10-22(11-13-23)15-6-2-1-3-7-15)14-24-19(26)16-8-4-5-9-17(16)21-20(24)27/h1-9,16H,10-14H2. The van der Waals surface area contributed by atoms with Crippen LogP contribution in [0.25, 0.3) is 0 Å². The van der Waals surface area contributed by atoms with Crippen LogP contribution in [0.1, 0.15) is 0 Å². The number of carbonyl (C=O) groups is 2. The molecule has 7 heteroatoms. The summed E-state index contributed by atoms with van der Waals surface area (Å²) in [5.41, 5.74) is 1.81. The maximum absolute atomic E-state index is 12.7. The van der Waals surface area contributed by atoms with Gasteiger partial charge < -0.3 is 9.80 Å². The third-order valence-corrected chi connectivity index (χ3v) is 5.35. The summed E-state index contributed by atoms with van der Waals surface area (Å²) in [6.07, 6.45) is 7.23. The first-order valence-electron chi connectivity index (χ1n) is 9.00. The number of thiocarbonyl (C=S) groups is 1. The summed E-state index contributed by atoms with van der Waals surface area (Å²) in [5.74, 6) is -0.710. The van der Waals surface area contributed by atoms with E-state index in [2.05, 4.69) is 22.0 Å². The fourth-order valence-corrected chi connectivity index (χ4v) is 3.77. The molecule has 0 spiro atoms. The molecule has 2 aliphatic heterocycles. The molecule has 2 heterocycles. The first-order valence-corrected chi connectivity index (χ1v) is 9.41. The smallest absolute Gasteiger partial charge is 0.242 e. The molecule has 138 valence electrons. The summed E-state index contributed by atoms with van der Waals surface area (Å²) in [6.45, 7) is 2.75. The summed E-state index contributed by atoms with van der Waals surface area (Å²) in [7, 11) is 0. The summed E-state index contributed by atoms with van der Waals surface area (Å²) < 4.78 is 0. The van der Waals surface area contributed by atoms with Gasteiger partial charge in [0.25, 0.3) is 0 Å². The van der Waals surface area contributed by atoms with Crippen LogP contribution in [0.4, 0.5) is 5.69 Å². The number of hydrogen-bond donors (Lipinski definition) is 0. The van der Waals surface area contributed by atoms with Gasteiger partial charge in [0, 0.05) is 31.9 Å². The average Bonchev–Trinajstić information content (AvgIpc) is 2.72. The SMILES string of the molecule is O=C(CN1C(=O)C2C=CC=CC2=NC1=S)N1CCN(c2ccccc2)CC1. The van der Waals surface area contributed by atoms with Gasteiger partial charge in [-0.25, -0.2) is 4.99 Å². The maximum atomic E-state index is 12.7. The molecule has 2 amide bonds. The second kappa shape index (κ2) is 7.44. The summed E-state index contributed by atoms with van der Waals surface area (Å²) >= 11 is 5.26. The highest BCUT2D eigenvalue weighted by Crippen LogP contribution is 2.20. The molecule has 1 unspecified atom stereocenters. The molecule has 1 saturated heterocycles. The van der Waals surface area contributed by atoms with Crippen molar-refractivity contribution in [2.24, 2.45) is 10.9 Å². The van der Waals surface area contributed by atoms with Crippen molar-refractivity contribution >= 4 is 40.5 Å². The Kier molecular flexibility index (Phi) is 4.85. The topological polar surface area (TPSA) is 56.2 Å². The molecule has 0 aromatic heterocycles. The zero-order chi connectivity index (χ0) is 18.8. The van der Waals surface area contributed by atoms with E-state index in [1.54, 1.807) is 17.1 Å². The Morgan fingerprint density at radius 1 is 1.11 bits per heavy atom. The first kappa shape index (κ1) is 17.6. The van der Waals surface area contributed by atoms with E-state index in [0.717, 1.165) is 18.8 Å². The van der Waals surface area contributed by atoms with E-state index in [1.165, 1.54) is 4.90 Å². The Labute approximate surface area is 163 Å². The largest absolute Gasteiger partial charge is 0.368 e. The number of aliphatic imine (C=N–C) groups is 1. The van der Waals surface area contributed by atoms with Crippen molar-refractivity contribution < 1.29 is 9.59 Å². The minimum Gasteiger partial charge on any atom is -0.368 e. The van der Waals surface area contributed by atoms with Gasteiger partial charge in [0.05, 0.1) is 11.6 Å². The minimum absolute atomic E-state index is 0.0478. The number of benzene rings is 1. The molecule has 1 aliphatic carbocycles. The number of para-hydroxylation sites is 1. The van der Waals surface area contributed by atoms with Crippen LogP contribution in [0.5, 0.6) is 0 Å². The Morgan fingerprint density at radius 2 is 1.85 bits per heavy atom. The molecule has 0 radical (unpaired) electrons. The Balaban J connectivity index is 1.38. The lowest BCUT2D eigenvalue weighted by Gasteiger charge is -2.37. The predicted molar refractivity (Wildman–Crippen MR) is 109 cm³/mol. The van der Waals surface area contributed by atoms with Crippen LogP contribution in [0.15, 0.2) is 59.6 Å². The normalized spacial score (nSPS) is 22.0. The molecule has 0 saturated carbocycles. The van der Waals surface area contributed by atoms with Crippen molar-refractivity contribution in [2.75, 3.05) is 37.6 Å². The lowest BCUT2D eigenvalue weighted by Crippen LogP contribution is -2.54. The number of rotatable bonds is 3. The second-order valence-electron chi connectivity index (χ2n) is 6.67. The van der Waals surface area contributed by atoms with E-state index in [4.69, 9.17) is 12.2 Å². The number of hydrogen-bond acceptors (Lipinski definition) is 4. The van der Waals surface area contributed by atoms with Crippen LogP contribution >= 0.6 is 12.2 Å². The molecule has 3 aliphatic rings. The monoisotopic (exact) mass is 380 g/mol. The van der Waals surface area contributed by atoms with Crippen LogP contribution in [0.3, 0.4) is 0 Å². The number of carbonyl (C=O) groups excluding carboxylic acids is 2. The molecule has 1 fully saturated rings. The van der Waals surface area contributed by atoms with Gasteiger partial charge in [-0.15, -0.1) is 0 Å². The van der Waals surface area contributed by atoms with E-state index >= 15 is 0 Å². The van der Waals surface area contributed by atoms with Gasteiger partial charge in [-0.2, -0.15) is 0 Å². The molecule has 0 N–H and O–H groups in total. The van der Waals surface area contributed by atoms with Crippen LogP contribution in [-0.4, -0.2) is 65.2 Å². The Hall–Kier alpha value is -2.80. The summed E-state index contributed by atoms with van der Waals surface area (Å²) in [4.78, 5) is 35.2. The number of anilines is 1. The first-order chi connectivity index (χ1) is 13.1. The van der Waals surface area contributed by atoms with E-state index in [0.29, 0.717) is 18.8 Å². The molecule has 1 aromatic carbocycles. The van der Waals surface area contributed by atoms with Gasteiger partial charge in [0.1, 0.15) is 6.54 Å². The van der Waals surface area contributed by atoms with Crippen LogP contribution in [0.2, 0.25) is 0 Å². The lowest BCUT2D eigenvalue weighted by atomic mass is 9.95. The van der Waals surface area contributed by atoms with Crippen molar-refractivity contribution in [3.63, 3.8) is 0 Å². The van der Waals surface area contributed by atoms with Crippen molar-refractivity contribution in [2.45, 2.75) is 0 Å². The zero-order valence-corrected chi connectivity index (χ0v) is 15.6. The van der Waals surface area contributed by atoms with Crippen molar-refractivity contribution in [3.8, 4) is 0 Å². The van der Waals surface area contributed by atoms with E-state index in [1.807, 2.05) is 30.4 Å². The van der Waals surface area contributed by atoms with E-state index in [-0.39, 0.29) is 23.5 Å². The summed E-state index contributed by atoms with van der Waals surface area (Å²) in [6, 6.07) is 10.2. The number of amides is 2. The molecular weight excluding hydrogens is 360 g/mol. The number of allylic oxidation sites excluding steroid dienone is 3. The number of piperazine rings is 1.